The van der Waals surface area contributed by atoms with Gasteiger partial charge in [-0.25, -0.2) is 0 Å². The lowest BCUT2D eigenvalue weighted by molar-refractivity contribution is -0.129. The van der Waals surface area contributed by atoms with Crippen molar-refractivity contribution in [3.05, 3.63) is 58.1 Å². The van der Waals surface area contributed by atoms with Crippen molar-refractivity contribution in [1.29, 1.82) is 0 Å². The number of hydrogen-bond acceptors (Lipinski definition) is 5. The van der Waals surface area contributed by atoms with Gasteiger partial charge in [-0.1, -0.05) is 49.3 Å². The summed E-state index contributed by atoms with van der Waals surface area (Å²) < 4.78 is 0. The third-order valence-electron chi connectivity index (χ3n) is 7.67. The van der Waals surface area contributed by atoms with Gasteiger partial charge in [-0.3, -0.25) is 9.59 Å². The first-order valence-corrected chi connectivity index (χ1v) is 12.7. The molecule has 194 valence electrons. The SMILES string of the molecule is C=C(C)[C@@H]1CC[C@](C)(O)[C@H](C2=C(O)C(CC=C(C)C)(CC=C(C)C)C(=O)C(C(=O)C(C)C)=C2O)C1. The molecule has 0 aromatic rings. The lowest BCUT2D eigenvalue weighted by Crippen LogP contribution is -2.47. The molecule has 0 saturated heterocycles. The maximum Gasteiger partial charge on any atom is 0.184 e. The fourth-order valence-corrected chi connectivity index (χ4v) is 5.20. The molecule has 3 N–H and O–H groups in total. The maximum absolute atomic E-state index is 14.0. The fourth-order valence-electron chi connectivity index (χ4n) is 5.20. The van der Waals surface area contributed by atoms with Crippen LogP contribution in [0.5, 0.6) is 0 Å². The molecule has 5 nitrogen and oxygen atoms in total. The molecule has 0 amide bonds. The molecule has 1 fully saturated rings. The van der Waals surface area contributed by atoms with E-state index in [9.17, 15) is 24.9 Å². The van der Waals surface area contributed by atoms with Crippen LogP contribution in [0.15, 0.2) is 58.1 Å². The van der Waals surface area contributed by atoms with Gasteiger partial charge < -0.3 is 15.3 Å². The summed E-state index contributed by atoms with van der Waals surface area (Å²) in [5, 5.41) is 34.7. The third-order valence-corrected chi connectivity index (χ3v) is 7.67. The quantitative estimate of drug-likeness (QED) is 0.258. The zero-order valence-electron chi connectivity index (χ0n) is 22.8. The molecule has 3 atom stereocenters. The van der Waals surface area contributed by atoms with Gasteiger partial charge in [0, 0.05) is 17.4 Å². The molecule has 0 aliphatic heterocycles. The highest BCUT2D eigenvalue weighted by Crippen LogP contribution is 2.52. The minimum atomic E-state index is -1.43. The highest BCUT2D eigenvalue weighted by Gasteiger charge is 2.54. The molecule has 35 heavy (non-hydrogen) atoms. The van der Waals surface area contributed by atoms with Crippen LogP contribution in [-0.4, -0.2) is 32.5 Å². The van der Waals surface area contributed by atoms with E-state index in [1.165, 1.54) is 0 Å². The molecule has 2 aliphatic carbocycles. The highest BCUT2D eigenvalue weighted by molar-refractivity contribution is 6.24. The Balaban J connectivity index is 2.93. The average molecular weight is 485 g/mol. The Kier molecular flexibility index (Phi) is 8.81. The van der Waals surface area contributed by atoms with Gasteiger partial charge in [-0.15, -0.1) is 0 Å². The van der Waals surface area contributed by atoms with Crippen molar-refractivity contribution in [2.45, 2.75) is 93.1 Å². The number of carbonyl (C=O) groups excluding carboxylic acids is 2. The van der Waals surface area contributed by atoms with Crippen LogP contribution in [-0.2, 0) is 9.59 Å². The van der Waals surface area contributed by atoms with Crippen LogP contribution >= 0.6 is 0 Å². The van der Waals surface area contributed by atoms with Gasteiger partial charge in [-0.05, 0) is 79.6 Å². The number of hydrogen-bond donors (Lipinski definition) is 3. The minimum Gasteiger partial charge on any atom is -0.511 e. The van der Waals surface area contributed by atoms with Gasteiger partial charge >= 0.3 is 0 Å². The molecular weight excluding hydrogens is 440 g/mol. The first-order valence-electron chi connectivity index (χ1n) is 12.7. The molecule has 5 heteroatoms. The molecule has 0 bridgehead atoms. The number of rotatable bonds is 8. The van der Waals surface area contributed by atoms with Gasteiger partial charge in [-0.2, -0.15) is 0 Å². The molecule has 0 unspecified atom stereocenters. The Morgan fingerprint density at radius 3 is 2.03 bits per heavy atom. The van der Waals surface area contributed by atoms with E-state index >= 15 is 0 Å². The second kappa shape index (κ2) is 10.7. The Labute approximate surface area is 211 Å². The predicted octanol–water partition coefficient (Wildman–Crippen LogP) is 6.86. The molecule has 0 spiro atoms. The van der Waals surface area contributed by atoms with Gasteiger partial charge in [0.1, 0.15) is 17.1 Å². The molecule has 0 aromatic carbocycles. The second-order valence-electron chi connectivity index (χ2n) is 11.6. The van der Waals surface area contributed by atoms with Gasteiger partial charge in [0.2, 0.25) is 0 Å². The monoisotopic (exact) mass is 484 g/mol. The Bertz CT molecular complexity index is 987. The number of allylic oxidation sites excluding steroid dienone is 8. The summed E-state index contributed by atoms with van der Waals surface area (Å²) in [6.07, 6.45) is 5.82. The number of aliphatic hydroxyl groups excluding tert-OH is 2. The third kappa shape index (κ3) is 5.72. The predicted molar refractivity (Wildman–Crippen MR) is 141 cm³/mol. The summed E-state index contributed by atoms with van der Waals surface area (Å²) in [7, 11) is 0. The summed E-state index contributed by atoms with van der Waals surface area (Å²) in [4.78, 5) is 27.3. The van der Waals surface area contributed by atoms with Crippen molar-refractivity contribution in [1.82, 2.24) is 0 Å². The molecule has 0 aromatic heterocycles. The van der Waals surface area contributed by atoms with Crippen LogP contribution < -0.4 is 0 Å². The summed E-state index contributed by atoms with van der Waals surface area (Å²) in [6.45, 7) is 18.8. The number of Topliss-reactive ketones (excluding diaryl/α,β-unsaturated/α-hetero) is 2. The van der Waals surface area contributed by atoms with Crippen molar-refractivity contribution < 1.29 is 24.9 Å². The Morgan fingerprint density at radius 2 is 1.60 bits per heavy atom. The molecular formula is C30H44O5. The second-order valence-corrected chi connectivity index (χ2v) is 11.6. The van der Waals surface area contributed by atoms with Crippen molar-refractivity contribution in [3.63, 3.8) is 0 Å². The fraction of sp³-hybridized carbons (Fsp3) is 0.600. The molecule has 2 aliphatic rings. The smallest absolute Gasteiger partial charge is 0.184 e. The van der Waals surface area contributed by atoms with Crippen LogP contribution in [0.1, 0.15) is 87.5 Å². The maximum atomic E-state index is 14.0. The van der Waals surface area contributed by atoms with E-state index in [0.717, 1.165) is 23.1 Å². The van der Waals surface area contributed by atoms with E-state index < -0.39 is 40.2 Å². The number of aliphatic hydroxyl groups is 3. The van der Waals surface area contributed by atoms with E-state index in [1.54, 1.807) is 20.8 Å². The van der Waals surface area contributed by atoms with Crippen molar-refractivity contribution in [2.24, 2.45) is 23.2 Å². The zero-order valence-corrected chi connectivity index (χ0v) is 22.8. The molecule has 0 radical (unpaired) electrons. The van der Waals surface area contributed by atoms with Crippen molar-refractivity contribution in [3.8, 4) is 0 Å². The normalized spacial score (nSPS) is 26.6. The molecule has 2 rings (SSSR count). The van der Waals surface area contributed by atoms with E-state index in [-0.39, 0.29) is 35.7 Å². The summed E-state index contributed by atoms with van der Waals surface area (Å²) in [5.74, 6) is -2.80. The first-order chi connectivity index (χ1) is 16.1. The topological polar surface area (TPSA) is 94.8 Å². The number of carbonyl (C=O) groups is 2. The van der Waals surface area contributed by atoms with Crippen molar-refractivity contribution >= 4 is 11.6 Å². The van der Waals surface area contributed by atoms with Crippen LogP contribution in [0.2, 0.25) is 0 Å². The summed E-state index contributed by atoms with van der Waals surface area (Å²) >= 11 is 0. The average Bonchev–Trinajstić information content (AvgIpc) is 2.73. The first kappa shape index (κ1) is 28.8. The van der Waals surface area contributed by atoms with E-state index in [0.29, 0.717) is 12.8 Å². The van der Waals surface area contributed by atoms with Gasteiger partial charge in [0.05, 0.1) is 11.0 Å². The molecule has 0 heterocycles. The van der Waals surface area contributed by atoms with E-state index in [4.69, 9.17) is 0 Å². The Morgan fingerprint density at radius 1 is 1.09 bits per heavy atom. The lowest BCUT2D eigenvalue weighted by atomic mass is 9.60. The van der Waals surface area contributed by atoms with E-state index in [2.05, 4.69) is 6.58 Å². The van der Waals surface area contributed by atoms with Crippen LogP contribution in [0.25, 0.3) is 0 Å². The molecule has 1 saturated carbocycles. The van der Waals surface area contributed by atoms with Gasteiger partial charge in [0.15, 0.2) is 11.6 Å². The standard InChI is InChI=1S/C30H44O5/c1-17(2)10-14-30(15-11-18(3)4)27(33)23(26(32)24(28(30)34)25(31)20(7)8)22-16-21(19(5)6)12-13-29(22,9)35/h10-11,20-22,32-33,35H,5,12-16H2,1-4,6-9H3/t21-,22+,29+/m1/s1. The number of ketones is 2. The van der Waals surface area contributed by atoms with Crippen LogP contribution in [0.4, 0.5) is 0 Å². The van der Waals surface area contributed by atoms with Crippen LogP contribution in [0.3, 0.4) is 0 Å². The summed E-state index contributed by atoms with van der Waals surface area (Å²) in [6, 6.07) is 0. The summed E-state index contributed by atoms with van der Waals surface area (Å²) in [5.41, 5.74) is 0.146. The van der Waals surface area contributed by atoms with Gasteiger partial charge in [0.25, 0.3) is 0 Å². The van der Waals surface area contributed by atoms with Crippen molar-refractivity contribution in [2.75, 3.05) is 0 Å². The van der Waals surface area contributed by atoms with Crippen LogP contribution in [0, 0.1) is 23.2 Å². The lowest BCUT2D eigenvalue weighted by Gasteiger charge is -2.45. The Hall–Kier alpha value is -2.40. The zero-order chi connectivity index (χ0) is 26.9. The minimum absolute atomic E-state index is 0.0974. The largest absolute Gasteiger partial charge is 0.511 e. The van der Waals surface area contributed by atoms with E-state index in [1.807, 2.05) is 46.8 Å². The highest BCUT2D eigenvalue weighted by atomic mass is 16.3.